The number of carbonyl (C=O) groups is 1. The third kappa shape index (κ3) is 1.41. The Hall–Kier alpha value is -1.75. The van der Waals surface area contributed by atoms with Gasteiger partial charge in [0.1, 0.15) is 0 Å². The van der Waals surface area contributed by atoms with E-state index in [4.69, 9.17) is 6.42 Å². The van der Waals surface area contributed by atoms with Gasteiger partial charge < -0.3 is 5.32 Å². The van der Waals surface area contributed by atoms with Crippen LogP contribution in [0.15, 0.2) is 18.2 Å². The Morgan fingerprint density at radius 3 is 3.00 bits per heavy atom. The molecule has 0 spiro atoms. The number of fused-ring (bicyclic) bond motifs is 1. The molecule has 13 heavy (non-hydrogen) atoms. The molecule has 1 aliphatic heterocycles. The molecule has 0 aliphatic carbocycles. The van der Waals surface area contributed by atoms with Gasteiger partial charge in [-0.3, -0.25) is 4.79 Å². The van der Waals surface area contributed by atoms with Gasteiger partial charge in [-0.1, -0.05) is 5.92 Å². The zero-order valence-electron chi connectivity index (χ0n) is 7.13. The minimum absolute atomic E-state index is 0.0842. The van der Waals surface area contributed by atoms with Crippen molar-refractivity contribution in [1.29, 1.82) is 0 Å². The predicted molar refractivity (Wildman–Crippen MR) is 51.3 cm³/mol. The second-order valence-corrected chi connectivity index (χ2v) is 3.06. The Labute approximate surface area is 77.0 Å². The van der Waals surface area contributed by atoms with E-state index in [0.29, 0.717) is 6.42 Å². The lowest BCUT2D eigenvalue weighted by Crippen LogP contribution is -2.18. The van der Waals surface area contributed by atoms with Crippen LogP contribution in [-0.4, -0.2) is 5.91 Å². The molecule has 0 fully saturated rings. The second kappa shape index (κ2) is 2.95. The Morgan fingerprint density at radius 1 is 1.38 bits per heavy atom. The maximum atomic E-state index is 11.0. The molecule has 0 aromatic heterocycles. The van der Waals surface area contributed by atoms with Crippen molar-refractivity contribution in [1.82, 2.24) is 0 Å². The van der Waals surface area contributed by atoms with Crippen molar-refractivity contribution in [2.24, 2.45) is 0 Å². The summed E-state index contributed by atoms with van der Waals surface area (Å²) >= 11 is 0. The van der Waals surface area contributed by atoms with Gasteiger partial charge in [0.05, 0.1) is 0 Å². The highest BCUT2D eigenvalue weighted by Gasteiger charge is 2.13. The molecule has 1 aromatic carbocycles. The van der Waals surface area contributed by atoms with E-state index in [9.17, 15) is 4.79 Å². The summed E-state index contributed by atoms with van der Waals surface area (Å²) in [6.07, 6.45) is 6.62. The first kappa shape index (κ1) is 7.88. The number of benzene rings is 1. The average molecular weight is 171 g/mol. The fourth-order valence-corrected chi connectivity index (χ4v) is 1.47. The first-order valence-electron chi connectivity index (χ1n) is 4.19. The highest BCUT2D eigenvalue weighted by atomic mass is 16.1. The molecule has 2 nitrogen and oxygen atoms in total. The molecular weight excluding hydrogens is 162 g/mol. The van der Waals surface area contributed by atoms with E-state index in [1.54, 1.807) is 0 Å². The monoisotopic (exact) mass is 171 g/mol. The molecule has 0 saturated heterocycles. The number of nitrogens with one attached hydrogen (secondary N) is 1. The lowest BCUT2D eigenvalue weighted by atomic mass is 10.0. The smallest absolute Gasteiger partial charge is 0.224 e. The number of amides is 1. The molecule has 1 aromatic rings. The Bertz CT molecular complexity index is 401. The van der Waals surface area contributed by atoms with Crippen LogP contribution in [0.4, 0.5) is 5.69 Å². The lowest BCUT2D eigenvalue weighted by molar-refractivity contribution is -0.116. The van der Waals surface area contributed by atoms with Crippen molar-refractivity contribution in [2.75, 3.05) is 5.32 Å². The van der Waals surface area contributed by atoms with Gasteiger partial charge in [0, 0.05) is 17.7 Å². The molecule has 0 bridgehead atoms. The molecular formula is C11H9NO. The molecule has 0 atom stereocenters. The van der Waals surface area contributed by atoms with Gasteiger partial charge >= 0.3 is 0 Å². The third-order valence-corrected chi connectivity index (χ3v) is 2.17. The van der Waals surface area contributed by atoms with E-state index in [1.807, 2.05) is 18.2 Å². The molecule has 2 heteroatoms. The fraction of sp³-hybridized carbons (Fsp3) is 0.182. The average Bonchev–Trinajstić information content (AvgIpc) is 2.17. The largest absolute Gasteiger partial charge is 0.326 e. The first-order chi connectivity index (χ1) is 6.29. The standard InChI is InChI=1S/C11H9NO/c1-2-8-3-5-10-9(7-8)4-6-11(13)12-10/h1,3,5,7H,4,6H2,(H,12,13). The maximum Gasteiger partial charge on any atom is 0.224 e. The number of terminal acetylenes is 1. The van der Waals surface area contributed by atoms with Crippen LogP contribution in [0.3, 0.4) is 0 Å². The van der Waals surface area contributed by atoms with Gasteiger partial charge in [0.15, 0.2) is 0 Å². The van der Waals surface area contributed by atoms with Crippen LogP contribution in [-0.2, 0) is 11.2 Å². The topological polar surface area (TPSA) is 29.1 Å². The van der Waals surface area contributed by atoms with Crippen LogP contribution >= 0.6 is 0 Å². The molecule has 1 heterocycles. The molecule has 1 amide bonds. The normalized spacial score (nSPS) is 14.2. The molecule has 0 saturated carbocycles. The van der Waals surface area contributed by atoms with Crippen LogP contribution in [0, 0.1) is 12.3 Å². The number of carbonyl (C=O) groups excluding carboxylic acids is 1. The first-order valence-corrected chi connectivity index (χ1v) is 4.19. The maximum absolute atomic E-state index is 11.0. The van der Waals surface area contributed by atoms with Crippen LogP contribution in [0.2, 0.25) is 0 Å². The SMILES string of the molecule is C#Cc1ccc2c(c1)CCC(=O)N2. The van der Waals surface area contributed by atoms with Crippen LogP contribution in [0.1, 0.15) is 17.5 Å². The number of hydrogen-bond acceptors (Lipinski definition) is 1. The highest BCUT2D eigenvalue weighted by Crippen LogP contribution is 2.22. The number of aryl methyl sites for hydroxylation is 1. The molecule has 1 aliphatic rings. The van der Waals surface area contributed by atoms with E-state index >= 15 is 0 Å². The lowest BCUT2D eigenvalue weighted by Gasteiger charge is -2.16. The summed E-state index contributed by atoms with van der Waals surface area (Å²) in [7, 11) is 0. The van der Waals surface area contributed by atoms with Crippen LogP contribution in [0.25, 0.3) is 0 Å². The van der Waals surface area contributed by atoms with E-state index in [1.165, 1.54) is 0 Å². The van der Waals surface area contributed by atoms with Crippen molar-refractivity contribution >= 4 is 11.6 Å². The van der Waals surface area contributed by atoms with E-state index in [0.717, 1.165) is 23.2 Å². The minimum Gasteiger partial charge on any atom is -0.326 e. The van der Waals surface area contributed by atoms with Crippen molar-refractivity contribution in [3.8, 4) is 12.3 Å². The number of rotatable bonds is 0. The van der Waals surface area contributed by atoms with Gasteiger partial charge in [-0.15, -0.1) is 6.42 Å². The van der Waals surface area contributed by atoms with Crippen LogP contribution in [0.5, 0.6) is 0 Å². The van der Waals surface area contributed by atoms with Crippen molar-refractivity contribution in [3.63, 3.8) is 0 Å². The van der Waals surface area contributed by atoms with Crippen molar-refractivity contribution in [3.05, 3.63) is 29.3 Å². The Morgan fingerprint density at radius 2 is 2.23 bits per heavy atom. The van der Waals surface area contributed by atoms with Gasteiger partial charge in [-0.2, -0.15) is 0 Å². The van der Waals surface area contributed by atoms with Gasteiger partial charge in [0.25, 0.3) is 0 Å². The van der Waals surface area contributed by atoms with Crippen molar-refractivity contribution in [2.45, 2.75) is 12.8 Å². The zero-order chi connectivity index (χ0) is 9.26. The molecule has 64 valence electrons. The molecule has 1 N–H and O–H groups in total. The molecule has 2 rings (SSSR count). The van der Waals surface area contributed by atoms with E-state index in [2.05, 4.69) is 11.2 Å². The fourth-order valence-electron chi connectivity index (χ4n) is 1.47. The summed E-state index contributed by atoms with van der Waals surface area (Å²) in [4.78, 5) is 11.0. The summed E-state index contributed by atoms with van der Waals surface area (Å²) in [6.45, 7) is 0. The van der Waals surface area contributed by atoms with Gasteiger partial charge in [-0.05, 0) is 30.2 Å². The summed E-state index contributed by atoms with van der Waals surface area (Å²) in [6, 6.07) is 5.65. The Kier molecular flexibility index (Phi) is 1.79. The zero-order valence-corrected chi connectivity index (χ0v) is 7.13. The highest BCUT2D eigenvalue weighted by molar-refractivity contribution is 5.93. The minimum atomic E-state index is 0.0842. The van der Waals surface area contributed by atoms with E-state index < -0.39 is 0 Å². The summed E-state index contributed by atoms with van der Waals surface area (Å²) in [5.41, 5.74) is 2.90. The molecule has 0 radical (unpaired) electrons. The van der Waals surface area contributed by atoms with Gasteiger partial charge in [0.2, 0.25) is 5.91 Å². The number of hydrogen-bond donors (Lipinski definition) is 1. The summed E-state index contributed by atoms with van der Waals surface area (Å²) in [5, 5.41) is 2.80. The third-order valence-electron chi connectivity index (χ3n) is 2.17. The summed E-state index contributed by atoms with van der Waals surface area (Å²) < 4.78 is 0. The number of anilines is 1. The molecule has 0 unspecified atom stereocenters. The predicted octanol–water partition coefficient (Wildman–Crippen LogP) is 1.55. The quantitative estimate of drug-likeness (QED) is 0.589. The van der Waals surface area contributed by atoms with E-state index in [-0.39, 0.29) is 5.91 Å². The summed E-state index contributed by atoms with van der Waals surface area (Å²) in [5.74, 6) is 2.66. The Balaban J connectivity index is 2.43. The second-order valence-electron chi connectivity index (χ2n) is 3.06. The van der Waals surface area contributed by atoms with Crippen LogP contribution < -0.4 is 5.32 Å². The van der Waals surface area contributed by atoms with Gasteiger partial charge in [-0.25, -0.2) is 0 Å². The van der Waals surface area contributed by atoms with Crippen molar-refractivity contribution < 1.29 is 4.79 Å².